The lowest BCUT2D eigenvalue weighted by Crippen LogP contribution is -2.17. The summed E-state index contributed by atoms with van der Waals surface area (Å²) in [7, 11) is 0. The zero-order valence-electron chi connectivity index (χ0n) is 12.7. The summed E-state index contributed by atoms with van der Waals surface area (Å²) in [5.74, 6) is 0.781. The average Bonchev–Trinajstić information content (AvgIpc) is 3.01. The maximum absolute atomic E-state index is 5.92. The van der Waals surface area contributed by atoms with E-state index in [2.05, 4.69) is 25.0 Å². The van der Waals surface area contributed by atoms with E-state index in [1.807, 2.05) is 11.6 Å². The van der Waals surface area contributed by atoms with Gasteiger partial charge in [-0.1, -0.05) is 19.1 Å². The Kier molecular flexibility index (Phi) is 3.53. The third-order valence-electron chi connectivity index (χ3n) is 4.29. The Bertz CT molecular complexity index is 730. The number of rotatable bonds is 3. The largest absolute Gasteiger partial charge is 0.389 e. The normalized spacial score (nSPS) is 13.5. The maximum Gasteiger partial charge on any atom is 0.164 e. The Morgan fingerprint density at radius 2 is 2.14 bits per heavy atom. The molecule has 0 fully saturated rings. The number of hydrogen-bond donors (Lipinski definition) is 1. The van der Waals surface area contributed by atoms with Gasteiger partial charge in [-0.3, -0.25) is 0 Å². The monoisotopic (exact) mass is 300 g/mol. The number of pyridine rings is 1. The predicted molar refractivity (Wildman–Crippen MR) is 88.1 cm³/mol. The highest BCUT2D eigenvalue weighted by Crippen LogP contribution is 2.26. The van der Waals surface area contributed by atoms with Crippen molar-refractivity contribution in [3.8, 4) is 5.82 Å². The summed E-state index contributed by atoms with van der Waals surface area (Å²) in [4.78, 5) is 5.21. The molecule has 0 radical (unpaired) electrons. The van der Waals surface area contributed by atoms with E-state index >= 15 is 0 Å². The van der Waals surface area contributed by atoms with Gasteiger partial charge < -0.3 is 5.73 Å². The third kappa shape index (κ3) is 2.25. The van der Waals surface area contributed by atoms with Crippen LogP contribution in [0, 0.1) is 13.8 Å². The number of aromatic nitrogens is 3. The van der Waals surface area contributed by atoms with Crippen molar-refractivity contribution in [2.75, 3.05) is 0 Å². The van der Waals surface area contributed by atoms with E-state index in [0.717, 1.165) is 54.1 Å². The van der Waals surface area contributed by atoms with E-state index in [-0.39, 0.29) is 0 Å². The Balaban J connectivity index is 2.24. The van der Waals surface area contributed by atoms with Gasteiger partial charge in [0, 0.05) is 11.4 Å². The zero-order chi connectivity index (χ0) is 15.1. The van der Waals surface area contributed by atoms with E-state index in [0.29, 0.717) is 4.99 Å². The molecule has 3 rings (SSSR count). The molecular weight excluding hydrogens is 280 g/mol. The van der Waals surface area contributed by atoms with Crippen LogP contribution in [0.4, 0.5) is 0 Å². The fraction of sp³-hybridized carbons (Fsp3) is 0.438. The molecule has 0 atom stereocenters. The molecule has 5 heteroatoms. The van der Waals surface area contributed by atoms with E-state index in [1.54, 1.807) is 0 Å². The lowest BCUT2D eigenvalue weighted by molar-refractivity contribution is 0.793. The van der Waals surface area contributed by atoms with Gasteiger partial charge in [0.15, 0.2) is 5.82 Å². The number of hydrogen-bond acceptors (Lipinski definition) is 3. The van der Waals surface area contributed by atoms with Crippen LogP contribution in [0.25, 0.3) is 5.82 Å². The van der Waals surface area contributed by atoms with Crippen molar-refractivity contribution < 1.29 is 0 Å². The number of nitrogens with zero attached hydrogens (tertiary/aromatic N) is 3. The number of fused-ring (bicyclic) bond motifs is 1. The Morgan fingerprint density at radius 1 is 1.38 bits per heavy atom. The summed E-state index contributed by atoms with van der Waals surface area (Å²) < 4.78 is 1.90. The average molecular weight is 300 g/mol. The minimum Gasteiger partial charge on any atom is -0.389 e. The number of aryl methyl sites for hydroxylation is 3. The summed E-state index contributed by atoms with van der Waals surface area (Å²) in [6, 6.07) is 2.11. The predicted octanol–water partition coefficient (Wildman–Crippen LogP) is 2.57. The Hall–Kier alpha value is -1.75. The summed E-state index contributed by atoms with van der Waals surface area (Å²) in [6.07, 6.45) is 4.21. The summed E-state index contributed by atoms with van der Waals surface area (Å²) in [5.41, 5.74) is 12.6. The standard InChI is InChI=1S/C16H20N4S/c1-4-12-9(2)19-20(10(12)3)16-13(15(17)21)8-11-6-5-7-14(11)18-16/h8H,4-7H2,1-3H3,(H2,17,21). The van der Waals surface area contributed by atoms with Crippen LogP contribution in [-0.4, -0.2) is 19.8 Å². The quantitative estimate of drug-likeness (QED) is 0.885. The highest BCUT2D eigenvalue weighted by Gasteiger charge is 2.21. The van der Waals surface area contributed by atoms with Gasteiger partial charge in [-0.25, -0.2) is 9.67 Å². The fourth-order valence-electron chi connectivity index (χ4n) is 3.20. The van der Waals surface area contributed by atoms with Crippen LogP contribution in [0.1, 0.15) is 47.1 Å². The van der Waals surface area contributed by atoms with Gasteiger partial charge in [0.05, 0.1) is 11.3 Å². The first-order valence-electron chi connectivity index (χ1n) is 7.41. The molecule has 1 aliphatic rings. The van der Waals surface area contributed by atoms with Gasteiger partial charge >= 0.3 is 0 Å². The molecule has 110 valence electrons. The first kappa shape index (κ1) is 14.2. The van der Waals surface area contributed by atoms with E-state index in [9.17, 15) is 0 Å². The molecule has 0 aromatic carbocycles. The molecule has 2 N–H and O–H groups in total. The van der Waals surface area contributed by atoms with Crippen molar-refractivity contribution in [1.29, 1.82) is 0 Å². The highest BCUT2D eigenvalue weighted by atomic mass is 32.1. The number of nitrogens with two attached hydrogens (primary N) is 1. The minimum absolute atomic E-state index is 0.387. The van der Waals surface area contributed by atoms with E-state index in [4.69, 9.17) is 22.9 Å². The van der Waals surface area contributed by atoms with E-state index in [1.165, 1.54) is 11.1 Å². The molecule has 1 aliphatic carbocycles. The topological polar surface area (TPSA) is 56.7 Å². The lowest BCUT2D eigenvalue weighted by Gasteiger charge is -2.12. The molecular formula is C16H20N4S. The van der Waals surface area contributed by atoms with Crippen molar-refractivity contribution in [1.82, 2.24) is 14.8 Å². The van der Waals surface area contributed by atoms with Crippen LogP contribution < -0.4 is 5.73 Å². The molecule has 0 unspecified atom stereocenters. The van der Waals surface area contributed by atoms with Crippen LogP contribution in [-0.2, 0) is 19.3 Å². The van der Waals surface area contributed by atoms with Gasteiger partial charge in [0.1, 0.15) is 4.99 Å². The van der Waals surface area contributed by atoms with Crippen LogP contribution in [0.3, 0.4) is 0 Å². The van der Waals surface area contributed by atoms with Crippen LogP contribution >= 0.6 is 12.2 Å². The van der Waals surface area contributed by atoms with Crippen molar-refractivity contribution in [2.45, 2.75) is 46.5 Å². The molecule has 0 saturated heterocycles. The molecule has 0 bridgehead atoms. The molecule has 4 nitrogen and oxygen atoms in total. The van der Waals surface area contributed by atoms with Crippen molar-refractivity contribution in [3.05, 3.63) is 39.8 Å². The Morgan fingerprint density at radius 3 is 2.76 bits per heavy atom. The molecule has 2 heterocycles. The smallest absolute Gasteiger partial charge is 0.164 e. The summed E-state index contributed by atoms with van der Waals surface area (Å²) >= 11 is 5.23. The Labute approximate surface area is 130 Å². The van der Waals surface area contributed by atoms with Gasteiger partial charge in [0.25, 0.3) is 0 Å². The van der Waals surface area contributed by atoms with Crippen LogP contribution in [0.2, 0.25) is 0 Å². The molecule has 2 aromatic rings. The molecule has 0 amide bonds. The molecule has 21 heavy (non-hydrogen) atoms. The van der Waals surface area contributed by atoms with Gasteiger partial charge in [-0.05, 0) is 56.7 Å². The zero-order valence-corrected chi connectivity index (χ0v) is 13.5. The second kappa shape index (κ2) is 5.22. The fourth-order valence-corrected chi connectivity index (χ4v) is 3.35. The first-order valence-corrected chi connectivity index (χ1v) is 7.81. The second-order valence-electron chi connectivity index (χ2n) is 5.60. The molecule has 0 saturated carbocycles. The maximum atomic E-state index is 5.92. The minimum atomic E-state index is 0.387. The van der Waals surface area contributed by atoms with Crippen LogP contribution in [0.5, 0.6) is 0 Å². The molecule has 2 aromatic heterocycles. The van der Waals surface area contributed by atoms with Crippen molar-refractivity contribution in [2.24, 2.45) is 5.73 Å². The SMILES string of the molecule is CCc1c(C)nn(-c2nc3c(cc2C(N)=S)CCC3)c1C. The second-order valence-corrected chi connectivity index (χ2v) is 6.04. The summed E-state index contributed by atoms with van der Waals surface area (Å²) in [6.45, 7) is 6.26. The van der Waals surface area contributed by atoms with E-state index < -0.39 is 0 Å². The van der Waals surface area contributed by atoms with Gasteiger partial charge in [-0.2, -0.15) is 5.10 Å². The lowest BCUT2D eigenvalue weighted by atomic mass is 10.1. The number of thiocarbonyl (C=S) groups is 1. The van der Waals surface area contributed by atoms with Gasteiger partial charge in [-0.15, -0.1) is 0 Å². The summed E-state index contributed by atoms with van der Waals surface area (Å²) in [5, 5.41) is 4.66. The third-order valence-corrected chi connectivity index (χ3v) is 4.51. The molecule has 0 spiro atoms. The molecule has 0 aliphatic heterocycles. The highest BCUT2D eigenvalue weighted by molar-refractivity contribution is 7.80. The first-order chi connectivity index (χ1) is 10.0. The van der Waals surface area contributed by atoms with Crippen LogP contribution in [0.15, 0.2) is 6.07 Å². The van der Waals surface area contributed by atoms with Crippen molar-refractivity contribution >= 4 is 17.2 Å². The van der Waals surface area contributed by atoms with Crippen molar-refractivity contribution in [3.63, 3.8) is 0 Å². The van der Waals surface area contributed by atoms with Gasteiger partial charge in [0.2, 0.25) is 0 Å².